The lowest BCUT2D eigenvalue weighted by Gasteiger charge is -2.42. The number of hydrogen-bond donors (Lipinski definition) is 1. The molecule has 2 aliphatic rings. The number of carbonyl (C=O) groups is 1. The van der Waals surface area contributed by atoms with E-state index in [-0.39, 0.29) is 12.5 Å². The summed E-state index contributed by atoms with van der Waals surface area (Å²) in [5, 5.41) is 8.91. The van der Waals surface area contributed by atoms with E-state index in [4.69, 9.17) is 5.11 Å². The lowest BCUT2D eigenvalue weighted by atomic mass is 9.88. The highest BCUT2D eigenvalue weighted by molar-refractivity contribution is 7.99. The Morgan fingerprint density at radius 1 is 1.11 bits per heavy atom. The molecule has 150 valence electrons. The number of piperazine rings is 1. The van der Waals surface area contributed by atoms with Gasteiger partial charge < -0.3 is 14.9 Å². The van der Waals surface area contributed by atoms with Crippen LogP contribution in [-0.2, 0) is 0 Å². The fourth-order valence-electron chi connectivity index (χ4n) is 4.15. The Labute approximate surface area is 167 Å². The average Bonchev–Trinajstić information content (AvgIpc) is 2.72. The molecule has 1 atom stereocenters. The molecule has 27 heavy (non-hydrogen) atoms. The summed E-state index contributed by atoms with van der Waals surface area (Å²) in [6.07, 6.45) is 2.20. The molecule has 0 saturated carbocycles. The van der Waals surface area contributed by atoms with Crippen molar-refractivity contribution in [3.63, 3.8) is 0 Å². The van der Waals surface area contributed by atoms with Gasteiger partial charge in [0.1, 0.15) is 0 Å². The third-order valence-corrected chi connectivity index (χ3v) is 7.08. The first kappa shape index (κ1) is 20.6. The van der Waals surface area contributed by atoms with Crippen molar-refractivity contribution in [3.8, 4) is 0 Å². The molecule has 2 aliphatic heterocycles. The minimum absolute atomic E-state index is 0.152. The number of thioether (sulfide) groups is 1. The van der Waals surface area contributed by atoms with E-state index in [9.17, 15) is 4.79 Å². The Morgan fingerprint density at radius 3 is 2.33 bits per heavy atom. The second kappa shape index (κ2) is 9.92. The average molecular weight is 392 g/mol. The van der Waals surface area contributed by atoms with Crippen LogP contribution in [0.15, 0.2) is 29.2 Å². The minimum atomic E-state index is 0.152. The van der Waals surface area contributed by atoms with Crippen LogP contribution >= 0.6 is 11.8 Å². The summed E-state index contributed by atoms with van der Waals surface area (Å²) in [5.74, 6) is 1.53. The predicted octanol–water partition coefficient (Wildman–Crippen LogP) is 2.26. The molecule has 0 bridgehead atoms. The molecule has 5 nitrogen and oxygen atoms in total. The molecule has 1 N–H and O–H groups in total. The van der Waals surface area contributed by atoms with Gasteiger partial charge in [-0.25, -0.2) is 0 Å². The fourth-order valence-corrected chi connectivity index (χ4v) is 4.81. The first-order chi connectivity index (χ1) is 13.1. The predicted molar refractivity (Wildman–Crippen MR) is 111 cm³/mol. The van der Waals surface area contributed by atoms with Gasteiger partial charge in [0.25, 0.3) is 5.91 Å². The summed E-state index contributed by atoms with van der Waals surface area (Å²) in [6.45, 7) is 8.92. The van der Waals surface area contributed by atoms with E-state index in [1.807, 2.05) is 29.2 Å². The molecule has 0 aliphatic carbocycles. The highest BCUT2D eigenvalue weighted by atomic mass is 32.2. The molecule has 0 radical (unpaired) electrons. The molecule has 1 aromatic rings. The number of amides is 1. The number of hydrogen-bond acceptors (Lipinski definition) is 5. The van der Waals surface area contributed by atoms with Gasteiger partial charge in [-0.3, -0.25) is 9.69 Å². The molecule has 1 aromatic carbocycles. The van der Waals surface area contributed by atoms with Crippen LogP contribution in [0.3, 0.4) is 0 Å². The molecule has 1 amide bonds. The number of aliphatic hydroxyl groups is 1. The van der Waals surface area contributed by atoms with Crippen molar-refractivity contribution in [3.05, 3.63) is 29.8 Å². The van der Waals surface area contributed by atoms with Crippen LogP contribution < -0.4 is 0 Å². The van der Waals surface area contributed by atoms with E-state index in [1.165, 1.54) is 0 Å². The Balaban J connectivity index is 1.48. The van der Waals surface area contributed by atoms with E-state index in [0.29, 0.717) is 17.7 Å². The zero-order valence-corrected chi connectivity index (χ0v) is 17.5. The van der Waals surface area contributed by atoms with Gasteiger partial charge in [0.05, 0.1) is 6.61 Å². The number of carbonyl (C=O) groups excluding carboxylic acids is 1. The van der Waals surface area contributed by atoms with E-state index < -0.39 is 0 Å². The second-order valence-electron chi connectivity index (χ2n) is 7.81. The SMILES string of the molecule is C[C@H](C1CCN(C(=O)c2ccc(SCCO)cc2)CC1)N1CCN(C)CC1. The first-order valence-corrected chi connectivity index (χ1v) is 11.1. The van der Waals surface area contributed by atoms with Crippen molar-refractivity contribution < 1.29 is 9.90 Å². The number of likely N-dealkylation sites (tertiary alicyclic amines) is 1. The molecule has 2 fully saturated rings. The van der Waals surface area contributed by atoms with Crippen molar-refractivity contribution in [2.24, 2.45) is 5.92 Å². The molecule has 2 heterocycles. The van der Waals surface area contributed by atoms with Crippen molar-refractivity contribution in [2.75, 3.05) is 58.7 Å². The Bertz CT molecular complexity index is 594. The van der Waals surface area contributed by atoms with E-state index in [2.05, 4.69) is 23.8 Å². The molecule has 0 unspecified atom stereocenters. The van der Waals surface area contributed by atoms with Gasteiger partial charge in [-0.2, -0.15) is 0 Å². The highest BCUT2D eigenvalue weighted by Crippen LogP contribution is 2.26. The van der Waals surface area contributed by atoms with Gasteiger partial charge >= 0.3 is 0 Å². The number of nitrogens with zero attached hydrogens (tertiary/aromatic N) is 3. The summed E-state index contributed by atoms with van der Waals surface area (Å²) in [5.41, 5.74) is 0.772. The third kappa shape index (κ3) is 5.47. The van der Waals surface area contributed by atoms with Crippen LogP contribution in [0.1, 0.15) is 30.1 Å². The van der Waals surface area contributed by atoms with Gasteiger partial charge in [0.15, 0.2) is 0 Å². The number of rotatable bonds is 6. The topological polar surface area (TPSA) is 47.0 Å². The van der Waals surface area contributed by atoms with Crippen LogP contribution in [0.5, 0.6) is 0 Å². The third-order valence-electron chi connectivity index (χ3n) is 6.08. The molecule has 6 heteroatoms. The van der Waals surface area contributed by atoms with Crippen molar-refractivity contribution in [1.29, 1.82) is 0 Å². The zero-order chi connectivity index (χ0) is 19.2. The normalized spacial score (nSPS) is 21.4. The Hall–Kier alpha value is -1.08. The molecule has 3 rings (SSSR count). The zero-order valence-electron chi connectivity index (χ0n) is 16.6. The van der Waals surface area contributed by atoms with Crippen molar-refractivity contribution in [1.82, 2.24) is 14.7 Å². The number of aliphatic hydroxyl groups excluding tert-OH is 1. The fraction of sp³-hybridized carbons (Fsp3) is 0.667. The highest BCUT2D eigenvalue weighted by Gasteiger charge is 2.30. The lowest BCUT2D eigenvalue weighted by Crippen LogP contribution is -2.52. The molecular formula is C21H33N3O2S. The second-order valence-corrected chi connectivity index (χ2v) is 8.97. The van der Waals surface area contributed by atoms with Crippen molar-refractivity contribution in [2.45, 2.75) is 30.7 Å². The van der Waals surface area contributed by atoms with E-state index >= 15 is 0 Å². The summed E-state index contributed by atoms with van der Waals surface area (Å²) < 4.78 is 0. The van der Waals surface area contributed by atoms with Gasteiger partial charge in [0, 0.05) is 61.5 Å². The van der Waals surface area contributed by atoms with Gasteiger partial charge in [-0.1, -0.05) is 0 Å². The standard InChI is InChI=1S/C21H33N3O2S/c1-17(23-13-11-22(2)12-14-23)18-7-9-24(10-8-18)21(26)19-3-5-20(6-4-19)27-16-15-25/h3-6,17-18,25H,7-16H2,1-2H3/t17-/m1/s1. The van der Waals surface area contributed by atoms with Gasteiger partial charge in [-0.15, -0.1) is 11.8 Å². The quantitative estimate of drug-likeness (QED) is 0.754. The summed E-state index contributed by atoms with van der Waals surface area (Å²) in [4.78, 5) is 20.9. The van der Waals surface area contributed by atoms with Crippen LogP contribution in [0.25, 0.3) is 0 Å². The summed E-state index contributed by atoms with van der Waals surface area (Å²) in [7, 11) is 2.20. The van der Waals surface area contributed by atoms with Crippen molar-refractivity contribution >= 4 is 17.7 Å². The molecule has 0 spiro atoms. The summed E-state index contributed by atoms with van der Waals surface area (Å²) in [6, 6.07) is 8.41. The molecular weight excluding hydrogens is 358 g/mol. The maximum absolute atomic E-state index is 12.8. The van der Waals surface area contributed by atoms with E-state index in [1.54, 1.807) is 11.8 Å². The first-order valence-electron chi connectivity index (χ1n) is 10.1. The number of piperidine rings is 1. The monoisotopic (exact) mass is 391 g/mol. The number of likely N-dealkylation sites (N-methyl/N-ethyl adjacent to an activating group) is 1. The molecule has 0 aromatic heterocycles. The number of benzene rings is 1. The maximum Gasteiger partial charge on any atom is 0.253 e. The van der Waals surface area contributed by atoms with E-state index in [0.717, 1.165) is 62.6 Å². The largest absolute Gasteiger partial charge is 0.396 e. The lowest BCUT2D eigenvalue weighted by molar-refractivity contribution is 0.0500. The Kier molecular flexibility index (Phi) is 7.58. The van der Waals surface area contributed by atoms with Crippen LogP contribution in [0, 0.1) is 5.92 Å². The minimum Gasteiger partial charge on any atom is -0.396 e. The summed E-state index contributed by atoms with van der Waals surface area (Å²) >= 11 is 1.61. The van der Waals surface area contributed by atoms with Crippen LogP contribution in [0.2, 0.25) is 0 Å². The Morgan fingerprint density at radius 2 is 1.74 bits per heavy atom. The molecule has 2 saturated heterocycles. The van der Waals surface area contributed by atoms with Gasteiger partial charge in [-0.05, 0) is 57.0 Å². The van der Waals surface area contributed by atoms with Gasteiger partial charge in [0.2, 0.25) is 0 Å². The smallest absolute Gasteiger partial charge is 0.253 e. The van der Waals surface area contributed by atoms with Crippen LogP contribution in [0.4, 0.5) is 0 Å². The van der Waals surface area contributed by atoms with Crippen LogP contribution in [-0.4, -0.2) is 90.4 Å². The maximum atomic E-state index is 12.8.